The predicted molar refractivity (Wildman–Crippen MR) is 77.3 cm³/mol. The number of anilines is 1. The standard InChI is InChI=1S/C13H20N2O2S/c1-9-4-5-11(12(8-9)17-2)15-13(16)10(14)6-7-18-3/h4-5,8,10H,6-7,14H2,1-3H3,(H,15,16)/t10-/m1/s1. The van der Waals surface area contributed by atoms with Crippen LogP contribution in [0.5, 0.6) is 5.75 Å². The lowest BCUT2D eigenvalue weighted by Crippen LogP contribution is -2.36. The van der Waals surface area contributed by atoms with Gasteiger partial charge in [0.1, 0.15) is 5.75 Å². The normalized spacial score (nSPS) is 12.0. The molecule has 4 nitrogen and oxygen atoms in total. The molecule has 0 fully saturated rings. The van der Waals surface area contributed by atoms with Crippen molar-refractivity contribution in [2.24, 2.45) is 5.73 Å². The molecule has 1 amide bonds. The number of hydrogen-bond acceptors (Lipinski definition) is 4. The average Bonchev–Trinajstić information content (AvgIpc) is 2.37. The Hall–Kier alpha value is -1.20. The van der Waals surface area contributed by atoms with Gasteiger partial charge in [0, 0.05) is 0 Å². The molecule has 0 unspecified atom stereocenters. The maximum atomic E-state index is 11.9. The van der Waals surface area contributed by atoms with E-state index in [9.17, 15) is 4.79 Å². The minimum absolute atomic E-state index is 0.175. The molecule has 1 atom stereocenters. The fraction of sp³-hybridized carbons (Fsp3) is 0.462. The van der Waals surface area contributed by atoms with Gasteiger partial charge in [0.05, 0.1) is 18.8 Å². The van der Waals surface area contributed by atoms with E-state index in [1.807, 2.05) is 31.4 Å². The zero-order valence-corrected chi connectivity index (χ0v) is 11.8. The molecule has 0 heterocycles. The second kappa shape index (κ2) is 7.28. The van der Waals surface area contributed by atoms with Gasteiger partial charge >= 0.3 is 0 Å². The molecule has 0 aromatic heterocycles. The second-order valence-corrected chi connectivity index (χ2v) is 5.07. The van der Waals surface area contributed by atoms with Gasteiger partial charge in [-0.25, -0.2) is 0 Å². The van der Waals surface area contributed by atoms with Gasteiger partial charge in [-0.1, -0.05) is 6.07 Å². The molecule has 0 aliphatic heterocycles. The first-order valence-electron chi connectivity index (χ1n) is 5.78. The molecule has 5 heteroatoms. The molecule has 1 aromatic carbocycles. The molecular weight excluding hydrogens is 248 g/mol. The number of nitrogens with two attached hydrogens (primary N) is 1. The van der Waals surface area contributed by atoms with Gasteiger partial charge in [-0.05, 0) is 43.0 Å². The van der Waals surface area contributed by atoms with Crippen LogP contribution in [-0.4, -0.2) is 31.1 Å². The number of methoxy groups -OCH3 is 1. The van der Waals surface area contributed by atoms with Crippen LogP contribution in [-0.2, 0) is 4.79 Å². The van der Waals surface area contributed by atoms with Crippen molar-refractivity contribution >= 4 is 23.4 Å². The summed E-state index contributed by atoms with van der Waals surface area (Å²) in [6.07, 6.45) is 2.66. The molecule has 0 bridgehead atoms. The van der Waals surface area contributed by atoms with E-state index < -0.39 is 6.04 Å². The largest absolute Gasteiger partial charge is 0.495 e. The molecule has 1 rings (SSSR count). The van der Waals surface area contributed by atoms with Crippen LogP contribution in [0.1, 0.15) is 12.0 Å². The zero-order valence-electron chi connectivity index (χ0n) is 11.0. The van der Waals surface area contributed by atoms with E-state index in [1.54, 1.807) is 18.9 Å². The number of carbonyl (C=O) groups excluding carboxylic acids is 1. The van der Waals surface area contributed by atoms with Crippen LogP contribution in [0.25, 0.3) is 0 Å². The summed E-state index contributed by atoms with van der Waals surface area (Å²) in [5, 5.41) is 2.80. The molecule has 18 heavy (non-hydrogen) atoms. The van der Waals surface area contributed by atoms with Gasteiger partial charge in [0.15, 0.2) is 0 Å². The second-order valence-electron chi connectivity index (χ2n) is 4.08. The van der Waals surface area contributed by atoms with Crippen LogP contribution in [0.4, 0.5) is 5.69 Å². The van der Waals surface area contributed by atoms with Crippen LogP contribution in [0.2, 0.25) is 0 Å². The van der Waals surface area contributed by atoms with Gasteiger partial charge in [-0.2, -0.15) is 11.8 Å². The Labute approximate surface area is 112 Å². The summed E-state index contributed by atoms with van der Waals surface area (Å²) < 4.78 is 5.23. The van der Waals surface area contributed by atoms with E-state index in [0.717, 1.165) is 11.3 Å². The van der Waals surface area contributed by atoms with E-state index in [0.29, 0.717) is 17.9 Å². The average molecular weight is 268 g/mol. The number of rotatable bonds is 6. The van der Waals surface area contributed by atoms with Crippen molar-refractivity contribution in [3.05, 3.63) is 23.8 Å². The van der Waals surface area contributed by atoms with Gasteiger partial charge in [-0.3, -0.25) is 4.79 Å². The molecule has 0 saturated carbocycles. The number of ether oxygens (including phenoxy) is 1. The van der Waals surface area contributed by atoms with Gasteiger partial charge in [-0.15, -0.1) is 0 Å². The Morgan fingerprint density at radius 3 is 2.89 bits per heavy atom. The number of amides is 1. The quantitative estimate of drug-likeness (QED) is 0.828. The highest BCUT2D eigenvalue weighted by Gasteiger charge is 2.14. The van der Waals surface area contributed by atoms with Crippen molar-refractivity contribution in [3.8, 4) is 5.75 Å². The molecule has 3 N–H and O–H groups in total. The van der Waals surface area contributed by atoms with Crippen molar-refractivity contribution < 1.29 is 9.53 Å². The molecule has 100 valence electrons. The Balaban J connectivity index is 2.69. The number of thioether (sulfide) groups is 1. The third kappa shape index (κ3) is 4.23. The Morgan fingerprint density at radius 2 is 2.28 bits per heavy atom. The molecule has 0 saturated heterocycles. The van der Waals surface area contributed by atoms with E-state index in [1.165, 1.54) is 0 Å². The maximum absolute atomic E-state index is 11.9. The number of aryl methyl sites for hydroxylation is 1. The SMILES string of the molecule is COc1cc(C)ccc1NC(=O)[C@H](N)CCSC. The fourth-order valence-electron chi connectivity index (χ4n) is 1.50. The van der Waals surface area contributed by atoms with Crippen molar-refractivity contribution in [2.75, 3.05) is 24.4 Å². The topological polar surface area (TPSA) is 64.3 Å². The van der Waals surface area contributed by atoms with Gasteiger partial charge < -0.3 is 15.8 Å². The van der Waals surface area contributed by atoms with E-state index in [-0.39, 0.29) is 5.91 Å². The summed E-state index contributed by atoms with van der Waals surface area (Å²) in [5.41, 5.74) is 7.55. The van der Waals surface area contributed by atoms with Crippen molar-refractivity contribution in [1.29, 1.82) is 0 Å². The number of hydrogen-bond donors (Lipinski definition) is 2. The lowest BCUT2D eigenvalue weighted by atomic mass is 10.2. The number of nitrogens with one attached hydrogen (secondary N) is 1. The van der Waals surface area contributed by atoms with Crippen LogP contribution in [0.15, 0.2) is 18.2 Å². The van der Waals surface area contributed by atoms with Crippen LogP contribution >= 0.6 is 11.8 Å². The smallest absolute Gasteiger partial charge is 0.241 e. The number of carbonyl (C=O) groups is 1. The summed E-state index contributed by atoms with van der Waals surface area (Å²) in [7, 11) is 1.58. The summed E-state index contributed by atoms with van der Waals surface area (Å²) >= 11 is 1.68. The van der Waals surface area contributed by atoms with E-state index in [2.05, 4.69) is 5.32 Å². The van der Waals surface area contributed by atoms with Crippen LogP contribution in [0.3, 0.4) is 0 Å². The first-order valence-corrected chi connectivity index (χ1v) is 7.18. The van der Waals surface area contributed by atoms with Crippen molar-refractivity contribution in [2.45, 2.75) is 19.4 Å². The minimum atomic E-state index is -0.483. The van der Waals surface area contributed by atoms with Gasteiger partial charge in [0.25, 0.3) is 0 Å². The van der Waals surface area contributed by atoms with E-state index >= 15 is 0 Å². The molecule has 0 aliphatic rings. The first-order chi connectivity index (χ1) is 8.58. The van der Waals surface area contributed by atoms with Crippen molar-refractivity contribution in [3.63, 3.8) is 0 Å². The van der Waals surface area contributed by atoms with E-state index in [4.69, 9.17) is 10.5 Å². The highest BCUT2D eigenvalue weighted by Crippen LogP contribution is 2.25. The minimum Gasteiger partial charge on any atom is -0.495 e. The fourth-order valence-corrected chi connectivity index (χ4v) is 1.99. The molecular formula is C13H20N2O2S. The molecule has 1 aromatic rings. The molecule has 0 radical (unpaired) electrons. The lowest BCUT2D eigenvalue weighted by molar-refractivity contribution is -0.117. The lowest BCUT2D eigenvalue weighted by Gasteiger charge is -2.14. The third-order valence-electron chi connectivity index (χ3n) is 2.58. The summed E-state index contributed by atoms with van der Waals surface area (Å²) in [5.74, 6) is 1.35. The summed E-state index contributed by atoms with van der Waals surface area (Å²) in [6, 6.07) is 5.14. The maximum Gasteiger partial charge on any atom is 0.241 e. The summed E-state index contributed by atoms with van der Waals surface area (Å²) in [4.78, 5) is 11.9. The highest BCUT2D eigenvalue weighted by molar-refractivity contribution is 7.98. The Morgan fingerprint density at radius 1 is 1.56 bits per heavy atom. The predicted octanol–water partition coefficient (Wildman–Crippen LogP) is 2.02. The monoisotopic (exact) mass is 268 g/mol. The van der Waals surface area contributed by atoms with Crippen molar-refractivity contribution in [1.82, 2.24) is 0 Å². The van der Waals surface area contributed by atoms with Gasteiger partial charge in [0.2, 0.25) is 5.91 Å². The molecule has 0 spiro atoms. The zero-order chi connectivity index (χ0) is 13.5. The third-order valence-corrected chi connectivity index (χ3v) is 3.23. The van der Waals surface area contributed by atoms with Crippen LogP contribution < -0.4 is 15.8 Å². The Bertz CT molecular complexity index is 410. The highest BCUT2D eigenvalue weighted by atomic mass is 32.2. The first kappa shape index (κ1) is 14.9. The number of benzene rings is 1. The summed E-state index contributed by atoms with van der Waals surface area (Å²) in [6.45, 7) is 1.97. The van der Waals surface area contributed by atoms with Crippen LogP contribution in [0, 0.1) is 6.92 Å². The molecule has 0 aliphatic carbocycles. The Kier molecular flexibility index (Phi) is 6.01.